The topological polar surface area (TPSA) is 62.7 Å². The molecule has 20 heavy (non-hydrogen) atoms. The number of hydrogen-bond donors (Lipinski definition) is 2. The molecule has 2 N–H and O–H groups in total. The highest BCUT2D eigenvalue weighted by Crippen LogP contribution is 2.51. The number of carbonyl (C=O) groups excluding carboxylic acids is 1. The van der Waals surface area contributed by atoms with E-state index in [4.69, 9.17) is 4.74 Å². The molecule has 2 aliphatic carbocycles. The van der Waals surface area contributed by atoms with Crippen LogP contribution >= 0.6 is 0 Å². The number of nitrogens with zero attached hydrogens (tertiary/aromatic N) is 1. The Morgan fingerprint density at radius 3 is 2.50 bits per heavy atom. The molecule has 2 saturated carbocycles. The molecule has 3 aliphatic rings. The lowest BCUT2D eigenvalue weighted by atomic mass is 9.66. The van der Waals surface area contributed by atoms with Gasteiger partial charge in [-0.3, -0.25) is 15.1 Å². The van der Waals surface area contributed by atoms with Gasteiger partial charge in [-0.25, -0.2) is 0 Å². The van der Waals surface area contributed by atoms with Crippen LogP contribution in [-0.4, -0.2) is 37.7 Å². The zero-order valence-electron chi connectivity index (χ0n) is 12.3. The summed E-state index contributed by atoms with van der Waals surface area (Å²) in [6.45, 7) is 1.16. The number of nitrogens with one attached hydrogen (secondary N) is 2. The fourth-order valence-corrected chi connectivity index (χ4v) is 4.05. The predicted octanol–water partition coefficient (Wildman–Crippen LogP) is 1.58. The minimum Gasteiger partial charge on any atom is -0.383 e. The Kier molecular flexibility index (Phi) is 3.71. The van der Waals surface area contributed by atoms with E-state index in [1.54, 1.807) is 7.11 Å². The number of carbonyl (C=O) groups is 1. The molecule has 0 radical (unpaired) electrons. The van der Waals surface area contributed by atoms with Gasteiger partial charge in [0.05, 0.1) is 13.2 Å². The van der Waals surface area contributed by atoms with Crippen LogP contribution in [0.5, 0.6) is 0 Å². The summed E-state index contributed by atoms with van der Waals surface area (Å²) in [5.74, 6) is 0.746. The van der Waals surface area contributed by atoms with Crippen LogP contribution in [0.1, 0.15) is 51.4 Å². The second-order valence-corrected chi connectivity index (χ2v) is 6.59. The van der Waals surface area contributed by atoms with E-state index in [0.29, 0.717) is 24.5 Å². The second kappa shape index (κ2) is 5.35. The molecule has 0 unspecified atom stereocenters. The van der Waals surface area contributed by atoms with Crippen molar-refractivity contribution < 1.29 is 9.53 Å². The van der Waals surface area contributed by atoms with Crippen LogP contribution in [0.25, 0.3) is 0 Å². The summed E-state index contributed by atoms with van der Waals surface area (Å²) in [5.41, 5.74) is 0.156. The van der Waals surface area contributed by atoms with Gasteiger partial charge in [-0.15, -0.1) is 0 Å². The normalized spacial score (nSPS) is 29.1. The first-order valence-electron chi connectivity index (χ1n) is 7.81. The average molecular weight is 279 g/mol. The van der Waals surface area contributed by atoms with Crippen LogP contribution < -0.4 is 10.6 Å². The van der Waals surface area contributed by atoms with Gasteiger partial charge < -0.3 is 10.1 Å². The summed E-state index contributed by atoms with van der Waals surface area (Å²) in [6.07, 6.45) is 9.72. The molecule has 0 bridgehead atoms. The van der Waals surface area contributed by atoms with Crippen molar-refractivity contribution in [2.45, 2.75) is 56.9 Å². The minimum atomic E-state index is -0.389. The van der Waals surface area contributed by atoms with Crippen LogP contribution in [0, 0.1) is 5.41 Å². The smallest absolute Gasteiger partial charge is 0.252 e. The highest BCUT2D eigenvalue weighted by atomic mass is 16.5. The highest BCUT2D eigenvalue weighted by molar-refractivity contribution is 6.09. The zero-order chi connectivity index (χ0) is 14.1. The molecular formula is C15H25N3O2. The van der Waals surface area contributed by atoms with Crippen molar-refractivity contribution in [3.05, 3.63) is 0 Å². The number of rotatable bonds is 3. The maximum Gasteiger partial charge on any atom is 0.252 e. The Bertz CT molecular complexity index is 403. The van der Waals surface area contributed by atoms with Gasteiger partial charge in [0.25, 0.3) is 5.91 Å². The van der Waals surface area contributed by atoms with E-state index in [-0.39, 0.29) is 11.4 Å². The van der Waals surface area contributed by atoms with Gasteiger partial charge in [0.2, 0.25) is 0 Å². The Labute approximate surface area is 120 Å². The lowest BCUT2D eigenvalue weighted by molar-refractivity contribution is -0.126. The van der Waals surface area contributed by atoms with Crippen LogP contribution in [0.2, 0.25) is 0 Å². The maximum absolute atomic E-state index is 12.3. The van der Waals surface area contributed by atoms with E-state index < -0.39 is 0 Å². The lowest BCUT2D eigenvalue weighted by Gasteiger charge is -2.41. The number of aliphatic imine (C=N–C) groups is 1. The molecular weight excluding hydrogens is 254 g/mol. The first-order valence-corrected chi connectivity index (χ1v) is 7.81. The maximum atomic E-state index is 12.3. The summed E-state index contributed by atoms with van der Waals surface area (Å²) < 4.78 is 4.98. The summed E-state index contributed by atoms with van der Waals surface area (Å²) in [5, 5.41) is 6.25. The summed E-state index contributed by atoms with van der Waals surface area (Å²) in [7, 11) is 1.66. The van der Waals surface area contributed by atoms with Crippen LogP contribution in [0.3, 0.4) is 0 Å². The average Bonchev–Trinajstić information content (AvgIpc) is 3.01. The number of hydrogen-bond acceptors (Lipinski definition) is 3. The van der Waals surface area contributed by atoms with Gasteiger partial charge >= 0.3 is 0 Å². The number of guanidine groups is 1. The standard InChI is InChI=1S/C15H25N3O2/c1-20-11-10-16-13-17-12(19)15(18-13)8-6-14(7-9-15)4-2-3-5-14/h2-11H2,1H3,(H2,16,17,18,19). The van der Waals surface area contributed by atoms with E-state index >= 15 is 0 Å². The number of methoxy groups -OCH3 is 1. The van der Waals surface area contributed by atoms with Crippen molar-refractivity contribution in [2.75, 3.05) is 20.3 Å². The monoisotopic (exact) mass is 279 g/mol. The first-order chi connectivity index (χ1) is 9.68. The second-order valence-electron chi connectivity index (χ2n) is 6.59. The summed E-state index contributed by atoms with van der Waals surface area (Å²) in [6, 6.07) is 0. The molecule has 1 amide bonds. The molecule has 3 fully saturated rings. The largest absolute Gasteiger partial charge is 0.383 e. The van der Waals surface area contributed by atoms with Crippen LogP contribution in [-0.2, 0) is 9.53 Å². The first kappa shape index (κ1) is 13.9. The number of ether oxygens (including phenoxy) is 1. The molecule has 1 aliphatic heterocycles. The Morgan fingerprint density at radius 1 is 1.15 bits per heavy atom. The quantitative estimate of drug-likeness (QED) is 0.771. The van der Waals surface area contributed by atoms with E-state index in [2.05, 4.69) is 15.6 Å². The summed E-state index contributed by atoms with van der Waals surface area (Å²) in [4.78, 5) is 16.7. The van der Waals surface area contributed by atoms with Gasteiger partial charge in [0.15, 0.2) is 5.96 Å². The highest BCUT2D eigenvalue weighted by Gasteiger charge is 2.51. The summed E-state index contributed by atoms with van der Waals surface area (Å²) >= 11 is 0. The third kappa shape index (κ3) is 2.43. The van der Waals surface area contributed by atoms with Gasteiger partial charge in [-0.1, -0.05) is 12.8 Å². The SMILES string of the molecule is COCCN=C1NC(=O)C2(CCC3(CCCC3)CC2)N1. The Balaban J connectivity index is 1.62. The Hall–Kier alpha value is -1.10. The third-order valence-electron chi connectivity index (χ3n) is 5.42. The molecule has 5 nitrogen and oxygen atoms in total. The van der Waals surface area contributed by atoms with E-state index in [9.17, 15) is 4.79 Å². The van der Waals surface area contributed by atoms with Gasteiger partial charge in [0, 0.05) is 7.11 Å². The molecule has 0 aromatic carbocycles. The molecule has 3 rings (SSSR count). The van der Waals surface area contributed by atoms with Gasteiger partial charge in [-0.2, -0.15) is 0 Å². The molecule has 0 atom stereocenters. The van der Waals surface area contributed by atoms with Crippen molar-refractivity contribution in [3.63, 3.8) is 0 Å². The van der Waals surface area contributed by atoms with Crippen molar-refractivity contribution in [1.82, 2.24) is 10.6 Å². The Morgan fingerprint density at radius 2 is 1.85 bits per heavy atom. The molecule has 0 aromatic rings. The molecule has 1 saturated heterocycles. The number of amides is 1. The minimum absolute atomic E-state index is 0.113. The molecule has 2 spiro atoms. The van der Waals surface area contributed by atoms with Crippen LogP contribution in [0.4, 0.5) is 0 Å². The van der Waals surface area contributed by atoms with E-state index in [0.717, 1.165) is 12.8 Å². The lowest BCUT2D eigenvalue weighted by Crippen LogP contribution is -2.51. The molecule has 112 valence electrons. The van der Waals surface area contributed by atoms with Gasteiger partial charge in [0.1, 0.15) is 5.54 Å². The van der Waals surface area contributed by atoms with Crippen molar-refractivity contribution in [1.29, 1.82) is 0 Å². The fraction of sp³-hybridized carbons (Fsp3) is 0.867. The molecule has 1 heterocycles. The zero-order valence-corrected chi connectivity index (χ0v) is 12.3. The third-order valence-corrected chi connectivity index (χ3v) is 5.42. The predicted molar refractivity (Wildman–Crippen MR) is 77.6 cm³/mol. The fourth-order valence-electron chi connectivity index (χ4n) is 4.05. The van der Waals surface area contributed by atoms with E-state index in [1.807, 2.05) is 0 Å². The van der Waals surface area contributed by atoms with Crippen molar-refractivity contribution in [2.24, 2.45) is 10.4 Å². The van der Waals surface area contributed by atoms with Crippen LogP contribution in [0.15, 0.2) is 4.99 Å². The van der Waals surface area contributed by atoms with Crippen molar-refractivity contribution in [3.8, 4) is 0 Å². The molecule has 5 heteroatoms. The van der Waals surface area contributed by atoms with E-state index in [1.165, 1.54) is 38.5 Å². The molecule has 0 aromatic heterocycles. The van der Waals surface area contributed by atoms with Crippen molar-refractivity contribution >= 4 is 11.9 Å². The van der Waals surface area contributed by atoms with Gasteiger partial charge in [-0.05, 0) is 43.9 Å².